The summed E-state index contributed by atoms with van der Waals surface area (Å²) in [5.41, 5.74) is 3.33. The van der Waals surface area contributed by atoms with E-state index in [4.69, 9.17) is 4.98 Å². The molecule has 0 spiro atoms. The Labute approximate surface area is 166 Å². The number of anilines is 2. The first-order valence-electron chi connectivity index (χ1n) is 10.4. The van der Waals surface area contributed by atoms with E-state index in [1.165, 1.54) is 32.1 Å². The van der Waals surface area contributed by atoms with E-state index in [-0.39, 0.29) is 5.75 Å². The number of nitrogens with zero attached hydrogens (tertiary/aromatic N) is 4. The number of phenols is 1. The van der Waals surface area contributed by atoms with E-state index in [0.29, 0.717) is 6.04 Å². The predicted molar refractivity (Wildman–Crippen MR) is 114 cm³/mol. The number of hydrogen-bond donors (Lipinski definition) is 2. The molecule has 6 nitrogen and oxygen atoms in total. The van der Waals surface area contributed by atoms with E-state index in [9.17, 15) is 5.11 Å². The summed E-state index contributed by atoms with van der Waals surface area (Å²) in [4.78, 5) is 11.2. The zero-order chi connectivity index (χ0) is 19.5. The predicted octanol–water partition coefficient (Wildman–Crippen LogP) is 4.69. The van der Waals surface area contributed by atoms with Crippen molar-refractivity contribution in [3.05, 3.63) is 36.8 Å². The van der Waals surface area contributed by atoms with Crippen molar-refractivity contribution < 1.29 is 5.11 Å². The first-order valence-corrected chi connectivity index (χ1v) is 10.4. The van der Waals surface area contributed by atoms with Crippen LogP contribution in [0.5, 0.6) is 5.75 Å². The molecule has 1 fully saturated rings. The minimum atomic E-state index is 0.257. The molecule has 1 aromatic carbocycles. The van der Waals surface area contributed by atoms with Crippen LogP contribution in [0.1, 0.15) is 46.0 Å². The van der Waals surface area contributed by atoms with Crippen LogP contribution in [-0.4, -0.2) is 38.6 Å². The van der Waals surface area contributed by atoms with Gasteiger partial charge in [0.1, 0.15) is 17.3 Å². The number of rotatable bonds is 6. The van der Waals surface area contributed by atoms with Gasteiger partial charge in [-0.1, -0.05) is 19.3 Å². The second-order valence-corrected chi connectivity index (χ2v) is 7.47. The summed E-state index contributed by atoms with van der Waals surface area (Å²) < 4.78 is 2.04. The molecule has 148 valence electrons. The molecule has 0 aliphatic heterocycles. The molecule has 1 saturated carbocycles. The number of imidazole rings is 1. The van der Waals surface area contributed by atoms with Crippen molar-refractivity contribution in [3.63, 3.8) is 0 Å². The van der Waals surface area contributed by atoms with Gasteiger partial charge in [-0.25, -0.2) is 4.98 Å². The van der Waals surface area contributed by atoms with Gasteiger partial charge in [0, 0.05) is 48.8 Å². The van der Waals surface area contributed by atoms with Crippen LogP contribution >= 0.6 is 0 Å². The molecule has 1 aliphatic carbocycles. The minimum absolute atomic E-state index is 0.257. The summed E-state index contributed by atoms with van der Waals surface area (Å²) in [6.45, 7) is 6.05. The lowest BCUT2D eigenvalue weighted by molar-refractivity contribution is 0.461. The van der Waals surface area contributed by atoms with Gasteiger partial charge in [-0.15, -0.1) is 0 Å². The quantitative estimate of drug-likeness (QED) is 0.650. The number of phenolic OH excluding ortho intramolecular Hbond substituents is 1. The van der Waals surface area contributed by atoms with Crippen LogP contribution in [0, 0.1) is 0 Å². The zero-order valence-electron chi connectivity index (χ0n) is 16.7. The van der Waals surface area contributed by atoms with Gasteiger partial charge in [0.2, 0.25) is 0 Å². The van der Waals surface area contributed by atoms with Gasteiger partial charge in [0.15, 0.2) is 5.65 Å². The smallest absolute Gasteiger partial charge is 0.157 e. The van der Waals surface area contributed by atoms with Crippen LogP contribution in [0.2, 0.25) is 0 Å². The Hall–Kier alpha value is -2.76. The van der Waals surface area contributed by atoms with Gasteiger partial charge < -0.3 is 15.3 Å². The maximum Gasteiger partial charge on any atom is 0.157 e. The lowest BCUT2D eigenvalue weighted by Gasteiger charge is -2.24. The SMILES string of the molecule is CCN(CC)c1ccc(-c2nc3cnccn3c2NC2CCCCC2)c(O)c1. The van der Waals surface area contributed by atoms with Crippen molar-refractivity contribution in [1.82, 2.24) is 14.4 Å². The molecule has 1 aliphatic rings. The second-order valence-electron chi connectivity index (χ2n) is 7.47. The maximum atomic E-state index is 10.8. The Morgan fingerprint density at radius 2 is 1.96 bits per heavy atom. The number of fused-ring (bicyclic) bond motifs is 1. The van der Waals surface area contributed by atoms with E-state index in [1.807, 2.05) is 22.7 Å². The monoisotopic (exact) mass is 379 g/mol. The Balaban J connectivity index is 1.76. The van der Waals surface area contributed by atoms with Gasteiger partial charge in [-0.2, -0.15) is 0 Å². The van der Waals surface area contributed by atoms with Crippen molar-refractivity contribution in [1.29, 1.82) is 0 Å². The fourth-order valence-corrected chi connectivity index (χ4v) is 4.18. The molecule has 3 aromatic rings. The highest BCUT2D eigenvalue weighted by Gasteiger charge is 2.21. The third-order valence-electron chi connectivity index (χ3n) is 5.74. The van der Waals surface area contributed by atoms with Crippen LogP contribution in [0.25, 0.3) is 16.9 Å². The van der Waals surface area contributed by atoms with Gasteiger partial charge in [0.05, 0.1) is 6.20 Å². The molecule has 0 atom stereocenters. The number of aromatic hydroxyl groups is 1. The van der Waals surface area contributed by atoms with Gasteiger partial charge in [-0.3, -0.25) is 9.38 Å². The highest BCUT2D eigenvalue weighted by atomic mass is 16.3. The average molecular weight is 380 g/mol. The Kier molecular flexibility index (Phi) is 5.37. The summed E-state index contributed by atoms with van der Waals surface area (Å²) in [5.74, 6) is 1.20. The van der Waals surface area contributed by atoms with Crippen molar-refractivity contribution in [3.8, 4) is 17.0 Å². The minimum Gasteiger partial charge on any atom is -0.507 e. The molecular formula is C22H29N5O. The van der Waals surface area contributed by atoms with E-state index in [0.717, 1.165) is 41.5 Å². The topological polar surface area (TPSA) is 65.7 Å². The van der Waals surface area contributed by atoms with E-state index >= 15 is 0 Å². The van der Waals surface area contributed by atoms with Crippen LogP contribution in [0.15, 0.2) is 36.8 Å². The standard InChI is InChI=1S/C22H29N5O/c1-3-26(4-2)17-10-11-18(19(28)14-17)21-22(24-16-8-6-5-7-9-16)27-13-12-23-15-20(27)25-21/h10-16,24,28H,3-9H2,1-2H3. The number of nitrogens with one attached hydrogen (secondary N) is 1. The fourth-order valence-electron chi connectivity index (χ4n) is 4.18. The van der Waals surface area contributed by atoms with Crippen LogP contribution in [0.3, 0.4) is 0 Å². The number of aromatic nitrogens is 3. The second kappa shape index (κ2) is 8.09. The third-order valence-corrected chi connectivity index (χ3v) is 5.74. The zero-order valence-corrected chi connectivity index (χ0v) is 16.7. The molecule has 2 heterocycles. The summed E-state index contributed by atoms with van der Waals surface area (Å²) >= 11 is 0. The highest BCUT2D eigenvalue weighted by molar-refractivity contribution is 5.81. The molecule has 6 heteroatoms. The molecular weight excluding hydrogens is 350 g/mol. The van der Waals surface area contributed by atoms with Crippen molar-refractivity contribution in [2.45, 2.75) is 52.0 Å². The average Bonchev–Trinajstić information content (AvgIpc) is 3.08. The number of benzene rings is 1. The molecule has 0 unspecified atom stereocenters. The highest BCUT2D eigenvalue weighted by Crippen LogP contribution is 2.37. The normalized spacial score (nSPS) is 15.1. The molecule has 0 radical (unpaired) electrons. The first kappa shape index (κ1) is 18.6. The molecule has 2 N–H and O–H groups in total. The van der Waals surface area contributed by atoms with Crippen LogP contribution < -0.4 is 10.2 Å². The van der Waals surface area contributed by atoms with Crippen LogP contribution in [-0.2, 0) is 0 Å². The Morgan fingerprint density at radius 1 is 1.18 bits per heavy atom. The van der Waals surface area contributed by atoms with Crippen molar-refractivity contribution in [2.75, 3.05) is 23.3 Å². The maximum absolute atomic E-state index is 10.8. The van der Waals surface area contributed by atoms with Crippen molar-refractivity contribution >= 4 is 17.2 Å². The van der Waals surface area contributed by atoms with Gasteiger partial charge in [0.25, 0.3) is 0 Å². The molecule has 28 heavy (non-hydrogen) atoms. The van der Waals surface area contributed by atoms with Gasteiger partial charge in [-0.05, 0) is 38.8 Å². The molecule has 0 bridgehead atoms. The Bertz CT molecular complexity index is 941. The van der Waals surface area contributed by atoms with Crippen molar-refractivity contribution in [2.24, 2.45) is 0 Å². The first-order chi connectivity index (χ1) is 13.7. The third kappa shape index (κ3) is 3.51. The lowest BCUT2D eigenvalue weighted by atomic mass is 9.95. The van der Waals surface area contributed by atoms with Gasteiger partial charge >= 0.3 is 0 Å². The molecule has 0 amide bonds. The lowest BCUT2D eigenvalue weighted by Crippen LogP contribution is -2.23. The summed E-state index contributed by atoms with van der Waals surface area (Å²) in [6, 6.07) is 6.33. The van der Waals surface area contributed by atoms with E-state index < -0.39 is 0 Å². The summed E-state index contributed by atoms with van der Waals surface area (Å²) in [7, 11) is 0. The van der Waals surface area contributed by atoms with E-state index in [1.54, 1.807) is 12.4 Å². The summed E-state index contributed by atoms with van der Waals surface area (Å²) in [5, 5.41) is 14.5. The fraction of sp³-hybridized carbons (Fsp3) is 0.455. The molecule has 2 aromatic heterocycles. The molecule has 4 rings (SSSR count). The Morgan fingerprint density at radius 3 is 2.68 bits per heavy atom. The van der Waals surface area contributed by atoms with Crippen LogP contribution in [0.4, 0.5) is 11.5 Å². The number of hydrogen-bond acceptors (Lipinski definition) is 5. The van der Waals surface area contributed by atoms with E-state index in [2.05, 4.69) is 35.1 Å². The molecule has 0 saturated heterocycles. The summed E-state index contributed by atoms with van der Waals surface area (Å²) in [6.07, 6.45) is 11.6. The largest absolute Gasteiger partial charge is 0.507 e.